The molecule has 1 aromatic carbocycles. The van der Waals surface area contributed by atoms with Gasteiger partial charge >= 0.3 is 6.01 Å². The van der Waals surface area contributed by atoms with Gasteiger partial charge in [0.1, 0.15) is 6.33 Å². The largest absolute Gasteiger partial charge is 0.421 e. The SMILES string of the molecule is Fc1ccccc1Oc1ncc(-c2ccc3ncnn3c2)cn1. The Morgan fingerprint density at radius 2 is 1.74 bits per heavy atom. The maximum Gasteiger partial charge on any atom is 0.321 e. The molecular weight excluding hydrogens is 297 g/mol. The lowest BCUT2D eigenvalue weighted by Crippen LogP contribution is -1.94. The number of aromatic nitrogens is 5. The molecule has 0 unspecified atom stereocenters. The van der Waals surface area contributed by atoms with Crippen LogP contribution in [0.1, 0.15) is 0 Å². The first kappa shape index (κ1) is 13.3. The van der Waals surface area contributed by atoms with Gasteiger partial charge < -0.3 is 4.74 Å². The molecular formula is C16H10FN5O. The van der Waals surface area contributed by atoms with Crippen molar-refractivity contribution in [3.63, 3.8) is 0 Å². The number of pyridine rings is 1. The number of rotatable bonds is 3. The minimum Gasteiger partial charge on any atom is -0.421 e. The monoisotopic (exact) mass is 307 g/mol. The fourth-order valence-electron chi connectivity index (χ4n) is 2.13. The number of ether oxygens (including phenoxy) is 1. The van der Waals surface area contributed by atoms with Crippen molar-refractivity contribution < 1.29 is 9.13 Å². The molecule has 0 saturated heterocycles. The van der Waals surface area contributed by atoms with Gasteiger partial charge in [-0.05, 0) is 24.3 Å². The van der Waals surface area contributed by atoms with Crippen LogP contribution in [0.4, 0.5) is 4.39 Å². The van der Waals surface area contributed by atoms with Crippen LogP contribution < -0.4 is 4.74 Å². The van der Waals surface area contributed by atoms with Gasteiger partial charge in [0.05, 0.1) is 0 Å². The highest BCUT2D eigenvalue weighted by atomic mass is 19.1. The molecule has 0 amide bonds. The summed E-state index contributed by atoms with van der Waals surface area (Å²) in [6, 6.07) is 9.95. The van der Waals surface area contributed by atoms with Crippen LogP contribution in [0.25, 0.3) is 16.8 Å². The van der Waals surface area contributed by atoms with Gasteiger partial charge in [0.15, 0.2) is 17.2 Å². The summed E-state index contributed by atoms with van der Waals surface area (Å²) in [5.41, 5.74) is 2.44. The van der Waals surface area contributed by atoms with E-state index in [4.69, 9.17) is 4.74 Å². The van der Waals surface area contributed by atoms with Gasteiger partial charge in [-0.2, -0.15) is 5.10 Å². The summed E-state index contributed by atoms with van der Waals surface area (Å²) in [5, 5.41) is 4.09. The van der Waals surface area contributed by atoms with E-state index in [1.54, 1.807) is 29.0 Å². The lowest BCUT2D eigenvalue weighted by molar-refractivity contribution is 0.411. The normalized spacial score (nSPS) is 10.8. The molecule has 4 aromatic rings. The number of hydrogen-bond donors (Lipinski definition) is 0. The average Bonchev–Trinajstić information content (AvgIpc) is 3.05. The van der Waals surface area contributed by atoms with E-state index in [-0.39, 0.29) is 11.8 Å². The van der Waals surface area contributed by atoms with Crippen LogP contribution in [0.3, 0.4) is 0 Å². The molecule has 4 rings (SSSR count). The van der Waals surface area contributed by atoms with Crippen LogP contribution in [0.5, 0.6) is 11.8 Å². The van der Waals surface area contributed by atoms with Crippen LogP contribution in [-0.4, -0.2) is 24.6 Å². The number of benzene rings is 1. The molecule has 0 N–H and O–H groups in total. The van der Waals surface area contributed by atoms with Crippen LogP contribution in [0.15, 0.2) is 61.3 Å². The molecule has 0 aliphatic heterocycles. The maximum absolute atomic E-state index is 13.5. The quantitative estimate of drug-likeness (QED) is 0.582. The highest BCUT2D eigenvalue weighted by Gasteiger charge is 2.07. The summed E-state index contributed by atoms with van der Waals surface area (Å²) in [4.78, 5) is 12.3. The highest BCUT2D eigenvalue weighted by Crippen LogP contribution is 2.23. The minimum absolute atomic E-state index is 0.0840. The summed E-state index contributed by atoms with van der Waals surface area (Å²) in [6.45, 7) is 0. The predicted molar refractivity (Wildman–Crippen MR) is 80.5 cm³/mol. The summed E-state index contributed by atoms with van der Waals surface area (Å²) in [5.74, 6) is -0.374. The topological polar surface area (TPSA) is 65.2 Å². The number of nitrogens with zero attached hydrogens (tertiary/aromatic N) is 5. The molecule has 0 radical (unpaired) electrons. The molecule has 0 aliphatic carbocycles. The molecule has 0 aliphatic rings. The maximum atomic E-state index is 13.5. The Bertz CT molecular complexity index is 968. The summed E-state index contributed by atoms with van der Waals surface area (Å²) < 4.78 is 20.5. The molecule has 0 fully saturated rings. The number of halogens is 1. The van der Waals surface area contributed by atoms with E-state index in [0.29, 0.717) is 0 Å². The number of hydrogen-bond acceptors (Lipinski definition) is 5. The van der Waals surface area contributed by atoms with Crippen molar-refractivity contribution in [3.8, 4) is 22.9 Å². The Hall–Kier alpha value is -3.35. The number of para-hydroxylation sites is 1. The van der Waals surface area contributed by atoms with Gasteiger partial charge in [0.2, 0.25) is 0 Å². The fraction of sp³-hybridized carbons (Fsp3) is 0. The second-order valence-corrected chi connectivity index (χ2v) is 4.77. The molecule has 0 saturated carbocycles. The zero-order chi connectivity index (χ0) is 15.6. The third kappa shape index (κ3) is 2.59. The van der Waals surface area contributed by atoms with Gasteiger partial charge in [-0.25, -0.2) is 23.9 Å². The Morgan fingerprint density at radius 3 is 2.57 bits per heavy atom. The first-order chi connectivity index (χ1) is 11.3. The first-order valence-electron chi connectivity index (χ1n) is 6.84. The van der Waals surface area contributed by atoms with Crippen LogP contribution in [0, 0.1) is 5.82 Å². The van der Waals surface area contributed by atoms with Crippen molar-refractivity contribution in [1.29, 1.82) is 0 Å². The zero-order valence-electron chi connectivity index (χ0n) is 11.8. The third-order valence-corrected chi connectivity index (χ3v) is 3.27. The van der Waals surface area contributed by atoms with Crippen molar-refractivity contribution in [3.05, 3.63) is 67.1 Å². The van der Waals surface area contributed by atoms with Crippen LogP contribution in [0.2, 0.25) is 0 Å². The van der Waals surface area contributed by atoms with E-state index in [1.807, 2.05) is 18.3 Å². The van der Waals surface area contributed by atoms with E-state index in [9.17, 15) is 4.39 Å². The Morgan fingerprint density at radius 1 is 0.913 bits per heavy atom. The molecule has 3 aromatic heterocycles. The third-order valence-electron chi connectivity index (χ3n) is 3.27. The second kappa shape index (κ2) is 5.45. The highest BCUT2D eigenvalue weighted by molar-refractivity contribution is 5.62. The molecule has 0 bridgehead atoms. The summed E-state index contributed by atoms with van der Waals surface area (Å²) in [7, 11) is 0. The fourth-order valence-corrected chi connectivity index (χ4v) is 2.13. The lowest BCUT2D eigenvalue weighted by atomic mass is 10.1. The molecule has 6 nitrogen and oxygen atoms in total. The van der Waals surface area contributed by atoms with Gasteiger partial charge in [-0.15, -0.1) is 0 Å². The molecule has 7 heteroatoms. The van der Waals surface area contributed by atoms with Gasteiger partial charge in [-0.1, -0.05) is 12.1 Å². The van der Waals surface area contributed by atoms with Crippen molar-refractivity contribution >= 4 is 5.65 Å². The lowest BCUT2D eigenvalue weighted by Gasteiger charge is -2.05. The first-order valence-corrected chi connectivity index (χ1v) is 6.84. The van der Waals surface area contributed by atoms with E-state index in [1.165, 1.54) is 18.5 Å². The van der Waals surface area contributed by atoms with E-state index in [0.717, 1.165) is 16.8 Å². The van der Waals surface area contributed by atoms with Crippen molar-refractivity contribution in [2.24, 2.45) is 0 Å². The summed E-state index contributed by atoms with van der Waals surface area (Å²) in [6.07, 6.45) is 6.54. The Balaban J connectivity index is 1.61. The van der Waals surface area contributed by atoms with Crippen molar-refractivity contribution in [2.75, 3.05) is 0 Å². The summed E-state index contributed by atoms with van der Waals surface area (Å²) >= 11 is 0. The molecule has 0 spiro atoms. The van der Waals surface area contributed by atoms with E-state index >= 15 is 0 Å². The standard InChI is InChI=1S/C16H10FN5O/c17-13-3-1-2-4-14(13)23-16-18-7-12(8-19-16)11-5-6-15-20-10-21-22(15)9-11/h1-10H. The van der Waals surface area contributed by atoms with Crippen LogP contribution >= 0.6 is 0 Å². The zero-order valence-corrected chi connectivity index (χ0v) is 11.8. The number of fused-ring (bicyclic) bond motifs is 1. The van der Waals surface area contributed by atoms with Crippen molar-refractivity contribution in [2.45, 2.75) is 0 Å². The average molecular weight is 307 g/mol. The second-order valence-electron chi connectivity index (χ2n) is 4.77. The predicted octanol–water partition coefficient (Wildman–Crippen LogP) is 3.12. The smallest absolute Gasteiger partial charge is 0.321 e. The van der Waals surface area contributed by atoms with Gasteiger partial charge in [-0.3, -0.25) is 0 Å². The van der Waals surface area contributed by atoms with Crippen LogP contribution in [-0.2, 0) is 0 Å². The van der Waals surface area contributed by atoms with Gasteiger partial charge in [0, 0.05) is 29.7 Å². The Labute approximate surface area is 130 Å². The molecule has 23 heavy (non-hydrogen) atoms. The van der Waals surface area contributed by atoms with Gasteiger partial charge in [0.25, 0.3) is 0 Å². The minimum atomic E-state index is -0.461. The van der Waals surface area contributed by atoms with E-state index < -0.39 is 5.82 Å². The molecule has 3 heterocycles. The van der Waals surface area contributed by atoms with E-state index in [2.05, 4.69) is 20.1 Å². The molecule has 112 valence electrons. The van der Waals surface area contributed by atoms with Crippen molar-refractivity contribution in [1.82, 2.24) is 24.6 Å². The molecule has 0 atom stereocenters. The Kier molecular flexibility index (Phi) is 3.16.